The lowest BCUT2D eigenvalue weighted by Gasteiger charge is -2.42. The van der Waals surface area contributed by atoms with Crippen LogP contribution in [0.5, 0.6) is 0 Å². The molecule has 0 spiro atoms. The Labute approximate surface area is 226 Å². The lowest BCUT2D eigenvalue weighted by molar-refractivity contribution is 0.00401. The van der Waals surface area contributed by atoms with Gasteiger partial charge in [0.2, 0.25) is 0 Å². The average Bonchev–Trinajstić information content (AvgIpc) is 2.91. The smallest absolute Gasteiger partial charge is 0.410 e. The van der Waals surface area contributed by atoms with E-state index in [0.717, 1.165) is 44.3 Å². The number of rotatable bonds is 6. The van der Waals surface area contributed by atoms with Crippen LogP contribution in [0.25, 0.3) is 0 Å². The van der Waals surface area contributed by atoms with E-state index in [9.17, 15) is 4.79 Å². The summed E-state index contributed by atoms with van der Waals surface area (Å²) in [6.45, 7) is 8.42. The summed E-state index contributed by atoms with van der Waals surface area (Å²) in [5, 5.41) is 0. The zero-order chi connectivity index (χ0) is 26.7. The molecule has 1 aromatic heterocycles. The molecule has 0 unspecified atom stereocenters. The summed E-state index contributed by atoms with van der Waals surface area (Å²) in [5.41, 5.74) is 12.7. The van der Waals surface area contributed by atoms with Gasteiger partial charge in [-0.1, -0.05) is 54.6 Å². The van der Waals surface area contributed by atoms with E-state index in [1.165, 1.54) is 27.9 Å². The normalized spacial score (nSPS) is 19.1. The van der Waals surface area contributed by atoms with Gasteiger partial charge in [-0.05, 0) is 80.3 Å². The van der Waals surface area contributed by atoms with E-state index in [2.05, 4.69) is 53.4 Å². The van der Waals surface area contributed by atoms with Gasteiger partial charge in [-0.2, -0.15) is 0 Å². The summed E-state index contributed by atoms with van der Waals surface area (Å²) in [5.74, 6) is 0. The topological polar surface area (TPSA) is 71.7 Å². The standard InChI is InChI=1S/C32H40N4O2/c1-32(2,3)38-31(37)36-21-27-9-5-4-8-26(27)18-28(36)22-35(20-24-15-13-23(19-33)14-16-24)29-12-6-10-25-11-7-17-34-30(25)29/h4-5,7-9,11,13-17,28-29H,6,10,12,18-22,33H2,1-3H3/t28-,29+/m1/s1. The lowest BCUT2D eigenvalue weighted by atomic mass is 9.89. The van der Waals surface area contributed by atoms with Gasteiger partial charge < -0.3 is 10.5 Å². The van der Waals surface area contributed by atoms with Crippen molar-refractivity contribution in [1.29, 1.82) is 0 Å². The van der Waals surface area contributed by atoms with Gasteiger partial charge in [-0.25, -0.2) is 4.79 Å². The number of nitrogens with two attached hydrogens (primary N) is 1. The van der Waals surface area contributed by atoms with Crippen LogP contribution in [0.15, 0.2) is 66.9 Å². The first kappa shape index (κ1) is 26.4. The number of hydrogen-bond donors (Lipinski definition) is 1. The van der Waals surface area contributed by atoms with Crippen LogP contribution in [0.1, 0.15) is 73.2 Å². The number of hydrogen-bond acceptors (Lipinski definition) is 5. The highest BCUT2D eigenvalue weighted by Gasteiger charge is 2.36. The number of nitrogens with zero attached hydrogens (tertiary/aromatic N) is 3. The van der Waals surface area contributed by atoms with E-state index in [-0.39, 0.29) is 18.2 Å². The number of aromatic nitrogens is 1. The van der Waals surface area contributed by atoms with Crippen molar-refractivity contribution >= 4 is 6.09 Å². The molecular weight excluding hydrogens is 472 g/mol. The average molecular weight is 513 g/mol. The molecule has 6 nitrogen and oxygen atoms in total. The van der Waals surface area contributed by atoms with Crippen molar-refractivity contribution in [2.45, 2.75) is 83.8 Å². The molecule has 2 N–H and O–H groups in total. The zero-order valence-electron chi connectivity index (χ0n) is 22.9. The molecule has 1 aliphatic heterocycles. The quantitative estimate of drug-likeness (QED) is 0.453. The third kappa shape index (κ3) is 6.08. The van der Waals surface area contributed by atoms with Gasteiger partial charge in [-0.3, -0.25) is 14.8 Å². The minimum atomic E-state index is -0.546. The van der Waals surface area contributed by atoms with Gasteiger partial charge >= 0.3 is 6.09 Å². The highest BCUT2D eigenvalue weighted by atomic mass is 16.6. The van der Waals surface area contributed by atoms with Crippen molar-refractivity contribution in [2.24, 2.45) is 5.73 Å². The predicted molar refractivity (Wildman–Crippen MR) is 150 cm³/mol. The Balaban J connectivity index is 1.48. The Hall–Kier alpha value is -3.22. The number of fused-ring (bicyclic) bond motifs is 2. The first-order valence-electron chi connectivity index (χ1n) is 13.8. The number of aryl methyl sites for hydroxylation is 1. The summed E-state index contributed by atoms with van der Waals surface area (Å²) in [6, 6.07) is 21.5. The summed E-state index contributed by atoms with van der Waals surface area (Å²) < 4.78 is 5.89. The molecule has 0 radical (unpaired) electrons. The summed E-state index contributed by atoms with van der Waals surface area (Å²) in [4.78, 5) is 22.8. The maximum Gasteiger partial charge on any atom is 0.410 e. The third-order valence-corrected chi connectivity index (χ3v) is 7.68. The fourth-order valence-corrected chi connectivity index (χ4v) is 5.81. The van der Waals surface area contributed by atoms with Gasteiger partial charge in [0.15, 0.2) is 0 Å². The SMILES string of the molecule is CC(C)(C)OC(=O)N1Cc2ccccc2C[C@@H]1CN(Cc1ccc(CN)cc1)[C@H]1CCCc2cccnc21. The summed E-state index contributed by atoms with van der Waals surface area (Å²) in [6.07, 6.45) is 5.73. The first-order valence-corrected chi connectivity index (χ1v) is 13.8. The van der Waals surface area contributed by atoms with Crippen molar-refractivity contribution in [3.63, 3.8) is 0 Å². The van der Waals surface area contributed by atoms with E-state index >= 15 is 0 Å². The van der Waals surface area contributed by atoms with Crippen LogP contribution in [-0.4, -0.2) is 39.1 Å². The van der Waals surface area contributed by atoms with Gasteiger partial charge in [0.05, 0.1) is 17.8 Å². The van der Waals surface area contributed by atoms with Crippen molar-refractivity contribution in [3.8, 4) is 0 Å². The minimum absolute atomic E-state index is 0.00264. The molecular formula is C32H40N4O2. The second kappa shape index (κ2) is 11.3. The summed E-state index contributed by atoms with van der Waals surface area (Å²) in [7, 11) is 0. The van der Waals surface area contributed by atoms with E-state index in [1.807, 2.05) is 44.0 Å². The Morgan fingerprint density at radius 1 is 1.03 bits per heavy atom. The molecule has 2 heterocycles. The van der Waals surface area contributed by atoms with Crippen molar-refractivity contribution in [2.75, 3.05) is 6.54 Å². The number of ether oxygens (including phenoxy) is 1. The maximum absolute atomic E-state index is 13.5. The molecule has 3 aromatic rings. The molecule has 1 amide bonds. The van der Waals surface area contributed by atoms with Gasteiger partial charge in [-0.15, -0.1) is 0 Å². The molecule has 2 aromatic carbocycles. The number of amides is 1. The first-order chi connectivity index (χ1) is 18.3. The molecule has 0 saturated carbocycles. The molecule has 1 aliphatic carbocycles. The molecule has 200 valence electrons. The maximum atomic E-state index is 13.5. The van der Waals surface area contributed by atoms with Gasteiger partial charge in [0.1, 0.15) is 5.60 Å². The Morgan fingerprint density at radius 3 is 2.47 bits per heavy atom. The Kier molecular flexibility index (Phi) is 7.82. The van der Waals surface area contributed by atoms with E-state index in [1.54, 1.807) is 0 Å². The molecule has 6 heteroatoms. The second-order valence-corrected chi connectivity index (χ2v) is 11.6. The highest BCUT2D eigenvalue weighted by Crippen LogP contribution is 2.35. The predicted octanol–water partition coefficient (Wildman–Crippen LogP) is 5.78. The van der Waals surface area contributed by atoms with Gasteiger partial charge in [0.25, 0.3) is 0 Å². The minimum Gasteiger partial charge on any atom is -0.444 e. The van der Waals surface area contributed by atoms with Crippen LogP contribution in [0.4, 0.5) is 4.79 Å². The molecule has 2 atom stereocenters. The van der Waals surface area contributed by atoms with Crippen LogP contribution < -0.4 is 5.73 Å². The van der Waals surface area contributed by atoms with Crippen LogP contribution in [0.3, 0.4) is 0 Å². The number of benzene rings is 2. The third-order valence-electron chi connectivity index (χ3n) is 7.68. The molecule has 38 heavy (non-hydrogen) atoms. The van der Waals surface area contributed by atoms with E-state index in [0.29, 0.717) is 13.1 Å². The fourth-order valence-electron chi connectivity index (χ4n) is 5.81. The van der Waals surface area contributed by atoms with Crippen LogP contribution in [0.2, 0.25) is 0 Å². The van der Waals surface area contributed by atoms with Crippen LogP contribution in [-0.2, 0) is 37.2 Å². The monoisotopic (exact) mass is 512 g/mol. The van der Waals surface area contributed by atoms with Crippen molar-refractivity contribution in [3.05, 3.63) is 100 Å². The van der Waals surface area contributed by atoms with Crippen LogP contribution in [0, 0.1) is 0 Å². The molecule has 0 saturated heterocycles. The van der Waals surface area contributed by atoms with Crippen LogP contribution >= 0.6 is 0 Å². The Morgan fingerprint density at radius 2 is 1.74 bits per heavy atom. The highest BCUT2D eigenvalue weighted by molar-refractivity contribution is 5.69. The number of carbonyl (C=O) groups excluding carboxylic acids is 1. The Bertz CT molecular complexity index is 1250. The number of carbonyl (C=O) groups is 1. The van der Waals surface area contributed by atoms with Crippen molar-refractivity contribution < 1.29 is 9.53 Å². The zero-order valence-corrected chi connectivity index (χ0v) is 22.9. The molecule has 2 aliphatic rings. The van der Waals surface area contributed by atoms with E-state index in [4.69, 9.17) is 15.5 Å². The van der Waals surface area contributed by atoms with Crippen molar-refractivity contribution in [1.82, 2.24) is 14.8 Å². The molecule has 5 rings (SSSR count). The largest absolute Gasteiger partial charge is 0.444 e. The molecule has 0 fully saturated rings. The van der Waals surface area contributed by atoms with E-state index < -0.39 is 5.60 Å². The second-order valence-electron chi connectivity index (χ2n) is 11.6. The van der Waals surface area contributed by atoms with Gasteiger partial charge in [0, 0.05) is 32.4 Å². The number of pyridine rings is 1. The molecule has 0 bridgehead atoms. The lowest BCUT2D eigenvalue weighted by Crippen LogP contribution is -2.52. The fraction of sp³-hybridized carbons (Fsp3) is 0.438. The summed E-state index contributed by atoms with van der Waals surface area (Å²) >= 11 is 0.